The Kier molecular flexibility index (Phi) is 23.2. The van der Waals surface area contributed by atoms with Crippen molar-refractivity contribution in [2.45, 2.75) is 41.5 Å². The van der Waals surface area contributed by atoms with Gasteiger partial charge in [0.2, 0.25) is 0 Å². The first kappa shape index (κ1) is 70.6. The van der Waals surface area contributed by atoms with Gasteiger partial charge in [0.15, 0.2) is 0 Å². The fraction of sp³-hybridized carbons (Fsp3) is 0.101. The van der Waals surface area contributed by atoms with E-state index in [-0.39, 0.29) is 63.2 Å². The molecule has 16 nitrogen and oxygen atoms in total. The molecule has 15 rings (SSSR count). The zero-order valence-electron chi connectivity index (χ0n) is 54.6. The Morgan fingerprint density at radius 1 is 0.429 bits per heavy atom. The molecule has 19 heteroatoms. The molecule has 0 N–H and O–H groups in total. The molecular formula is C79H64N13O3Pt3-3. The van der Waals surface area contributed by atoms with Gasteiger partial charge in [-0.2, -0.15) is 57.4 Å². The van der Waals surface area contributed by atoms with E-state index in [1.54, 1.807) is 17.1 Å². The zero-order chi connectivity index (χ0) is 65.4. The average molecular weight is 1830 g/mol. The first-order valence-electron chi connectivity index (χ1n) is 30.8. The molecule has 1 aliphatic heterocycles. The second-order valence-electron chi connectivity index (χ2n) is 22.5. The Hall–Kier alpha value is -10.2. The Morgan fingerprint density at radius 3 is 1.37 bits per heavy atom. The van der Waals surface area contributed by atoms with Gasteiger partial charge in [0, 0.05) is 133 Å². The van der Waals surface area contributed by atoms with E-state index in [0.29, 0.717) is 34.5 Å². The molecule has 0 aliphatic carbocycles. The molecule has 7 heterocycles. The van der Waals surface area contributed by atoms with Crippen LogP contribution in [0.15, 0.2) is 238 Å². The number of ether oxygens (including phenoxy) is 3. The van der Waals surface area contributed by atoms with E-state index >= 15 is 0 Å². The third kappa shape index (κ3) is 16.4. The molecule has 14 aromatic rings. The topological polar surface area (TPSA) is 136 Å². The maximum absolute atomic E-state index is 6.12. The Morgan fingerprint density at radius 2 is 0.898 bits per heavy atom. The summed E-state index contributed by atoms with van der Waals surface area (Å²) < 4.78 is 27.7. The smallest absolute Gasteiger partial charge is 0.510 e. The van der Waals surface area contributed by atoms with Crippen molar-refractivity contribution in [2.24, 2.45) is 7.05 Å². The normalized spacial score (nSPS) is 11.3. The summed E-state index contributed by atoms with van der Waals surface area (Å²) in [7, 11) is 3.94. The van der Waals surface area contributed by atoms with Gasteiger partial charge in [-0.05, 0) is 107 Å². The molecular weight excluding hydrogens is 1760 g/mol. The van der Waals surface area contributed by atoms with Crippen LogP contribution in [0.2, 0.25) is 0 Å². The molecule has 0 unspecified atom stereocenters. The van der Waals surface area contributed by atoms with Gasteiger partial charge in [0.1, 0.15) is 0 Å². The predicted octanol–water partition coefficient (Wildman–Crippen LogP) is 17.0. The molecule has 0 spiro atoms. The minimum atomic E-state index is 0. The Labute approximate surface area is 614 Å². The SMILES string of the molecule is CN1C=CN(c2[c-]c(Oc3[c-]c(-n4cc(-c5cccnc5)cn4)ccc3)ccc2)[CH-]1.Cc1cc(C)n(-c2[c-]c(Oc3[c-]c(-n4nc(C)c(-c5ccccc5)c4C)ccc3)ccc2)n1.Cc1nn(-c2[c-]c(Oc3[c-]c(-c4nccn4C)ccc3)ccc2)c(C)c1-c1ccccc1.[Pt+2].[Pt+2].[Pt]. The molecule has 6 aromatic heterocycles. The van der Waals surface area contributed by atoms with Crippen molar-refractivity contribution in [3.8, 4) is 102 Å². The van der Waals surface area contributed by atoms with E-state index in [1.807, 2.05) is 278 Å². The largest absolute Gasteiger partial charge is 2.00 e. The number of aryl methyl sites for hydroxylation is 5. The number of aromatic nitrogens is 11. The van der Waals surface area contributed by atoms with E-state index in [2.05, 4.69) is 94.7 Å². The van der Waals surface area contributed by atoms with Crippen LogP contribution in [0, 0.1) is 84.6 Å². The van der Waals surface area contributed by atoms with Crippen LogP contribution in [0.3, 0.4) is 0 Å². The fourth-order valence-electron chi connectivity index (χ4n) is 11.2. The fourth-order valence-corrected chi connectivity index (χ4v) is 11.2. The van der Waals surface area contributed by atoms with Gasteiger partial charge in [0.25, 0.3) is 0 Å². The summed E-state index contributed by atoms with van der Waals surface area (Å²) in [5.41, 5.74) is 17.7. The summed E-state index contributed by atoms with van der Waals surface area (Å²) in [4.78, 5) is 12.5. The standard InChI is InChI=1S/C28H24N4O.C27H22N4O.C24H18N5O.3Pt/c1-19-16-20(2)31(29-19)24-12-8-14-26(17-24)33-27-15-9-13-25(18-27)32-22(4)28(21(3)30-32)23-10-6-5-7-11-23;1-19-26(21-9-5-4-6-10-21)20(2)31(29-19)23-12-8-14-25(18-23)32-24-13-7-11-22(17-24)27-28-15-16-30(27)3;1-27-11-12-28(18-27)21-6-2-8-23(13-21)30-24-9-3-7-22(14-24)29-17-20(16-26-29)19-5-4-10-25-15-19;;;/h5-16H,1-4H3;4-16H,1-3H3;2-12,15-18H,1H3;;;/q2*-2;-3;;2*+2. The second-order valence-corrected chi connectivity index (χ2v) is 22.5. The van der Waals surface area contributed by atoms with Crippen molar-refractivity contribution >= 4 is 5.69 Å². The van der Waals surface area contributed by atoms with Crippen molar-refractivity contribution in [1.82, 2.24) is 58.6 Å². The monoisotopic (exact) mass is 1830 g/mol. The van der Waals surface area contributed by atoms with Gasteiger partial charge < -0.3 is 28.6 Å². The van der Waals surface area contributed by atoms with E-state index in [1.165, 1.54) is 0 Å². The number of rotatable bonds is 15. The Bertz CT molecular complexity index is 5000. The van der Waals surface area contributed by atoms with E-state index < -0.39 is 0 Å². The molecule has 8 aromatic carbocycles. The summed E-state index contributed by atoms with van der Waals surface area (Å²) in [5.74, 6) is 4.46. The minimum Gasteiger partial charge on any atom is -0.510 e. The average Bonchev–Trinajstić information content (AvgIpc) is 1.65. The van der Waals surface area contributed by atoms with Crippen LogP contribution in [0.4, 0.5) is 5.69 Å². The molecule has 1 aliphatic rings. The minimum absolute atomic E-state index is 0. The Balaban J connectivity index is 0.000000157. The second kappa shape index (κ2) is 32.2. The van der Waals surface area contributed by atoms with Gasteiger partial charge in [-0.1, -0.05) is 72.8 Å². The van der Waals surface area contributed by atoms with Gasteiger partial charge >= 0.3 is 42.1 Å². The maximum atomic E-state index is 6.12. The van der Waals surface area contributed by atoms with Gasteiger partial charge in [-0.3, -0.25) is 28.7 Å². The summed E-state index contributed by atoms with van der Waals surface area (Å²) in [5, 5.41) is 18.5. The number of benzene rings is 8. The van der Waals surface area contributed by atoms with Crippen LogP contribution in [0.5, 0.6) is 34.5 Å². The quantitative estimate of drug-likeness (QED) is 0.0907. The van der Waals surface area contributed by atoms with Gasteiger partial charge in [-0.15, -0.1) is 120 Å². The van der Waals surface area contributed by atoms with Crippen LogP contribution in [0.1, 0.15) is 34.2 Å². The number of hydrogen-bond donors (Lipinski definition) is 0. The first-order chi connectivity index (χ1) is 46.3. The van der Waals surface area contributed by atoms with Crippen LogP contribution in [-0.2, 0) is 70.2 Å². The molecule has 0 radical (unpaired) electrons. The maximum Gasteiger partial charge on any atom is 2.00 e. The van der Waals surface area contributed by atoms with Crippen LogP contribution >= 0.6 is 0 Å². The van der Waals surface area contributed by atoms with E-state index in [0.717, 1.165) is 107 Å². The van der Waals surface area contributed by atoms with Gasteiger partial charge in [-0.25, -0.2) is 0 Å². The van der Waals surface area contributed by atoms with Crippen LogP contribution in [-0.4, -0.2) is 65.6 Å². The van der Waals surface area contributed by atoms with Crippen LogP contribution < -0.4 is 19.1 Å². The number of imidazole rings is 1. The van der Waals surface area contributed by atoms with Crippen LogP contribution in [0.25, 0.3) is 67.5 Å². The summed E-state index contributed by atoms with van der Waals surface area (Å²) in [6, 6.07) is 81.2. The first-order valence-corrected chi connectivity index (χ1v) is 30.8. The van der Waals surface area contributed by atoms with Crippen molar-refractivity contribution in [3.63, 3.8) is 0 Å². The van der Waals surface area contributed by atoms with E-state index in [9.17, 15) is 0 Å². The van der Waals surface area contributed by atoms with Crippen molar-refractivity contribution in [1.29, 1.82) is 0 Å². The predicted molar refractivity (Wildman–Crippen MR) is 369 cm³/mol. The molecule has 0 saturated heterocycles. The zero-order valence-corrected chi connectivity index (χ0v) is 61.4. The van der Waals surface area contributed by atoms with E-state index in [4.69, 9.17) is 24.4 Å². The number of hydrogen-bond acceptors (Lipinski definition) is 11. The van der Waals surface area contributed by atoms with Crippen molar-refractivity contribution < 1.29 is 77.4 Å². The van der Waals surface area contributed by atoms with Crippen molar-refractivity contribution in [3.05, 3.63) is 315 Å². The number of pyridine rings is 1. The molecule has 0 amide bonds. The molecule has 98 heavy (non-hydrogen) atoms. The van der Waals surface area contributed by atoms with Gasteiger partial charge in [0.05, 0.1) is 29.1 Å². The van der Waals surface area contributed by atoms with Crippen molar-refractivity contribution in [2.75, 3.05) is 11.9 Å². The molecule has 0 atom stereocenters. The molecule has 496 valence electrons. The molecule has 0 bridgehead atoms. The summed E-state index contributed by atoms with van der Waals surface area (Å²) in [6.07, 6.45) is 15.0. The number of nitrogens with zero attached hydrogens (tertiary/aromatic N) is 13. The molecule has 0 fully saturated rings. The number of anilines is 1. The summed E-state index contributed by atoms with van der Waals surface area (Å²) in [6.45, 7) is 14.2. The molecule has 0 saturated carbocycles. The third-order valence-corrected chi connectivity index (χ3v) is 15.5. The third-order valence-electron chi connectivity index (χ3n) is 15.5. The summed E-state index contributed by atoms with van der Waals surface area (Å²) >= 11 is 0.